The third-order valence-electron chi connectivity index (χ3n) is 2.10. The Bertz CT molecular complexity index is 385. The van der Waals surface area contributed by atoms with Crippen molar-refractivity contribution < 1.29 is 23.0 Å². The van der Waals surface area contributed by atoms with Crippen LogP contribution in [-0.2, 0) is 16.1 Å². The van der Waals surface area contributed by atoms with Gasteiger partial charge in [-0.1, -0.05) is 18.2 Å². The van der Waals surface area contributed by atoms with E-state index in [0.717, 1.165) is 0 Å². The predicted octanol–water partition coefficient (Wildman–Crippen LogP) is 1.94. The number of hydrogen-bond donors (Lipinski definition) is 1. The summed E-state index contributed by atoms with van der Waals surface area (Å²) >= 11 is 0. The fourth-order valence-electron chi connectivity index (χ4n) is 1.30. The smallest absolute Gasteiger partial charge is 0.387 e. The standard InChI is InChI=1S/C12H15F2NO3/c1-2-17-8-11(16)15-7-9-5-3-4-6-10(9)18-12(13)14/h3-6,12H,2,7-8H2,1H3,(H,15,16). The summed E-state index contributed by atoms with van der Waals surface area (Å²) in [5.41, 5.74) is 0.489. The molecule has 100 valence electrons. The maximum absolute atomic E-state index is 12.1. The first-order valence-corrected chi connectivity index (χ1v) is 5.50. The average molecular weight is 259 g/mol. The Labute approximate surface area is 104 Å². The van der Waals surface area contributed by atoms with Crippen LogP contribution in [0.4, 0.5) is 8.78 Å². The van der Waals surface area contributed by atoms with Crippen molar-refractivity contribution in [3.8, 4) is 5.75 Å². The van der Waals surface area contributed by atoms with E-state index < -0.39 is 6.61 Å². The van der Waals surface area contributed by atoms with Gasteiger partial charge in [-0.15, -0.1) is 0 Å². The minimum atomic E-state index is -2.88. The maximum Gasteiger partial charge on any atom is 0.387 e. The quantitative estimate of drug-likeness (QED) is 0.814. The van der Waals surface area contributed by atoms with Crippen molar-refractivity contribution >= 4 is 5.91 Å². The van der Waals surface area contributed by atoms with E-state index in [1.54, 1.807) is 25.1 Å². The number of carbonyl (C=O) groups excluding carboxylic acids is 1. The van der Waals surface area contributed by atoms with Gasteiger partial charge in [0.1, 0.15) is 12.4 Å². The molecule has 0 spiro atoms. The Morgan fingerprint density at radius 1 is 1.39 bits per heavy atom. The summed E-state index contributed by atoms with van der Waals surface area (Å²) in [5.74, 6) is -0.243. The maximum atomic E-state index is 12.1. The monoisotopic (exact) mass is 259 g/mol. The Morgan fingerprint density at radius 2 is 2.11 bits per heavy atom. The second-order valence-electron chi connectivity index (χ2n) is 3.40. The molecule has 1 aromatic carbocycles. The third kappa shape index (κ3) is 5.09. The molecule has 0 aliphatic rings. The lowest BCUT2D eigenvalue weighted by atomic mass is 10.2. The summed E-state index contributed by atoms with van der Waals surface area (Å²) < 4.78 is 33.5. The fourth-order valence-corrected chi connectivity index (χ4v) is 1.30. The molecule has 0 radical (unpaired) electrons. The highest BCUT2D eigenvalue weighted by Crippen LogP contribution is 2.19. The third-order valence-corrected chi connectivity index (χ3v) is 2.10. The number of amides is 1. The number of benzene rings is 1. The molecule has 1 amide bonds. The molecule has 0 aliphatic heterocycles. The zero-order valence-electron chi connectivity index (χ0n) is 9.99. The highest BCUT2D eigenvalue weighted by molar-refractivity contribution is 5.77. The van der Waals surface area contributed by atoms with E-state index >= 15 is 0 Å². The molecule has 0 saturated carbocycles. The number of alkyl halides is 2. The predicted molar refractivity (Wildman–Crippen MR) is 61.4 cm³/mol. The lowest BCUT2D eigenvalue weighted by Gasteiger charge is -2.11. The highest BCUT2D eigenvalue weighted by atomic mass is 19.3. The van der Waals surface area contributed by atoms with Gasteiger partial charge in [0.25, 0.3) is 0 Å². The Hall–Kier alpha value is -1.69. The van der Waals surface area contributed by atoms with Crippen molar-refractivity contribution in [3.63, 3.8) is 0 Å². The summed E-state index contributed by atoms with van der Waals surface area (Å²) in [6.07, 6.45) is 0. The van der Waals surface area contributed by atoms with Gasteiger partial charge in [0.15, 0.2) is 0 Å². The fraction of sp³-hybridized carbons (Fsp3) is 0.417. The summed E-state index contributed by atoms with van der Waals surface area (Å²) in [6, 6.07) is 6.31. The second kappa shape index (κ2) is 7.60. The van der Waals surface area contributed by atoms with E-state index in [9.17, 15) is 13.6 Å². The van der Waals surface area contributed by atoms with Gasteiger partial charge in [0.2, 0.25) is 5.91 Å². The molecule has 0 fully saturated rings. The lowest BCUT2D eigenvalue weighted by Crippen LogP contribution is -2.27. The van der Waals surface area contributed by atoms with Crippen LogP contribution in [0.25, 0.3) is 0 Å². The molecule has 18 heavy (non-hydrogen) atoms. The molecule has 1 aromatic rings. The topological polar surface area (TPSA) is 47.6 Å². The normalized spacial score (nSPS) is 10.4. The van der Waals surface area contributed by atoms with E-state index in [0.29, 0.717) is 12.2 Å². The number of rotatable bonds is 7. The molecule has 0 aliphatic carbocycles. The summed E-state index contributed by atoms with van der Waals surface area (Å²) in [5, 5.41) is 2.56. The van der Waals surface area contributed by atoms with Crippen LogP contribution in [-0.4, -0.2) is 25.7 Å². The van der Waals surface area contributed by atoms with Crippen molar-refractivity contribution in [1.29, 1.82) is 0 Å². The van der Waals surface area contributed by atoms with Crippen molar-refractivity contribution in [2.24, 2.45) is 0 Å². The zero-order valence-corrected chi connectivity index (χ0v) is 9.99. The number of para-hydroxylation sites is 1. The van der Waals surface area contributed by atoms with Crippen LogP contribution in [0.3, 0.4) is 0 Å². The molecule has 1 rings (SSSR count). The Kier molecular flexibility index (Phi) is 6.07. The molecule has 0 bridgehead atoms. The van der Waals surface area contributed by atoms with Gasteiger partial charge < -0.3 is 14.8 Å². The van der Waals surface area contributed by atoms with E-state index in [2.05, 4.69) is 10.1 Å². The highest BCUT2D eigenvalue weighted by Gasteiger charge is 2.09. The Morgan fingerprint density at radius 3 is 2.78 bits per heavy atom. The number of halogens is 2. The molecule has 4 nitrogen and oxygen atoms in total. The van der Waals surface area contributed by atoms with Crippen LogP contribution >= 0.6 is 0 Å². The minimum Gasteiger partial charge on any atom is -0.434 e. The lowest BCUT2D eigenvalue weighted by molar-refractivity contribution is -0.125. The number of carbonyl (C=O) groups is 1. The molecule has 0 aromatic heterocycles. The number of ether oxygens (including phenoxy) is 2. The zero-order chi connectivity index (χ0) is 13.4. The van der Waals surface area contributed by atoms with Crippen molar-refractivity contribution in [2.75, 3.05) is 13.2 Å². The summed E-state index contributed by atoms with van der Waals surface area (Å²) in [6.45, 7) is -0.592. The number of nitrogens with one attached hydrogen (secondary N) is 1. The van der Waals surface area contributed by atoms with Gasteiger partial charge in [-0.2, -0.15) is 8.78 Å². The van der Waals surface area contributed by atoms with Gasteiger partial charge in [0.05, 0.1) is 0 Å². The van der Waals surface area contributed by atoms with Gasteiger partial charge in [0, 0.05) is 18.7 Å². The first-order valence-electron chi connectivity index (χ1n) is 5.50. The first kappa shape index (κ1) is 14.4. The molecule has 0 atom stereocenters. The van der Waals surface area contributed by atoms with Crippen LogP contribution in [0.2, 0.25) is 0 Å². The van der Waals surface area contributed by atoms with Crippen LogP contribution in [0.1, 0.15) is 12.5 Å². The Balaban J connectivity index is 2.53. The molecule has 6 heteroatoms. The summed E-state index contributed by atoms with van der Waals surface area (Å²) in [7, 11) is 0. The van der Waals surface area contributed by atoms with Gasteiger partial charge >= 0.3 is 6.61 Å². The van der Waals surface area contributed by atoms with Crippen molar-refractivity contribution in [2.45, 2.75) is 20.1 Å². The molecule has 0 saturated heterocycles. The van der Waals surface area contributed by atoms with Crippen LogP contribution in [0.15, 0.2) is 24.3 Å². The van der Waals surface area contributed by atoms with E-state index in [1.165, 1.54) is 6.07 Å². The van der Waals surface area contributed by atoms with E-state index in [1.807, 2.05) is 0 Å². The molecule has 0 heterocycles. The second-order valence-corrected chi connectivity index (χ2v) is 3.40. The van der Waals surface area contributed by atoms with Gasteiger partial charge in [-0.3, -0.25) is 4.79 Å². The number of hydrogen-bond acceptors (Lipinski definition) is 3. The van der Waals surface area contributed by atoms with Crippen LogP contribution in [0.5, 0.6) is 5.75 Å². The van der Waals surface area contributed by atoms with Crippen molar-refractivity contribution in [1.82, 2.24) is 5.32 Å². The molecule has 0 unspecified atom stereocenters. The molecular weight excluding hydrogens is 244 g/mol. The van der Waals surface area contributed by atoms with E-state index in [-0.39, 0.29) is 24.8 Å². The first-order chi connectivity index (χ1) is 8.63. The average Bonchev–Trinajstić information content (AvgIpc) is 2.34. The molecule has 1 N–H and O–H groups in total. The minimum absolute atomic E-state index is 0.0473. The SMILES string of the molecule is CCOCC(=O)NCc1ccccc1OC(F)F. The van der Waals surface area contributed by atoms with Crippen LogP contribution < -0.4 is 10.1 Å². The van der Waals surface area contributed by atoms with Gasteiger partial charge in [-0.05, 0) is 13.0 Å². The van der Waals surface area contributed by atoms with Crippen molar-refractivity contribution in [3.05, 3.63) is 29.8 Å². The van der Waals surface area contributed by atoms with Crippen LogP contribution in [0, 0.1) is 0 Å². The van der Waals surface area contributed by atoms with E-state index in [4.69, 9.17) is 4.74 Å². The largest absolute Gasteiger partial charge is 0.434 e. The summed E-state index contributed by atoms with van der Waals surface area (Å²) in [4.78, 5) is 11.3. The molecular formula is C12H15F2NO3. The van der Waals surface area contributed by atoms with Gasteiger partial charge in [-0.25, -0.2) is 0 Å².